The first-order valence-corrected chi connectivity index (χ1v) is 13.0. The summed E-state index contributed by atoms with van der Waals surface area (Å²) in [7, 11) is 0. The van der Waals surface area contributed by atoms with Crippen molar-refractivity contribution in [1.82, 2.24) is 9.78 Å². The fraction of sp³-hybridized carbons (Fsp3) is 0.852. The molecule has 0 amide bonds. The monoisotopic (exact) mass is 407 g/mol. The minimum absolute atomic E-state index is 0.508. The zero-order chi connectivity index (χ0) is 20.9. The van der Waals surface area contributed by atoms with Gasteiger partial charge in [0, 0.05) is 6.54 Å². The molecule has 9 unspecified atom stereocenters. The molecule has 0 spiro atoms. The fourth-order valence-corrected chi connectivity index (χ4v) is 9.27. The maximum absolute atomic E-state index is 9.37. The summed E-state index contributed by atoms with van der Waals surface area (Å²) < 4.78 is 1.95. The molecule has 3 nitrogen and oxygen atoms in total. The molecule has 0 N–H and O–H groups in total. The van der Waals surface area contributed by atoms with Gasteiger partial charge in [0.2, 0.25) is 0 Å². The van der Waals surface area contributed by atoms with Crippen LogP contribution >= 0.6 is 0 Å². The van der Waals surface area contributed by atoms with E-state index >= 15 is 0 Å². The van der Waals surface area contributed by atoms with E-state index in [0.29, 0.717) is 17.0 Å². The van der Waals surface area contributed by atoms with Gasteiger partial charge in [-0.1, -0.05) is 33.6 Å². The normalized spacial score (nSPS) is 43.9. The number of fused-ring (bicyclic) bond motifs is 5. The van der Waals surface area contributed by atoms with Gasteiger partial charge in [0.1, 0.15) is 11.8 Å². The molecule has 5 rings (SSSR count). The Hall–Kier alpha value is -1.30. The molecule has 0 radical (unpaired) electrons. The summed E-state index contributed by atoms with van der Waals surface area (Å²) in [6, 6.07) is 4.16. The Morgan fingerprint density at radius 1 is 1.13 bits per heavy atom. The molecule has 1 aromatic rings. The van der Waals surface area contributed by atoms with E-state index in [4.69, 9.17) is 0 Å². The number of aromatic nitrogens is 2. The van der Waals surface area contributed by atoms with Crippen LogP contribution in [-0.2, 0) is 6.54 Å². The molecule has 3 heteroatoms. The van der Waals surface area contributed by atoms with Crippen LogP contribution in [0, 0.1) is 64.1 Å². The summed E-state index contributed by atoms with van der Waals surface area (Å²) in [5.74, 6) is 7.48. The second-order valence-corrected chi connectivity index (χ2v) is 11.7. The molecule has 4 aliphatic rings. The minimum Gasteiger partial charge on any atom is -0.255 e. The number of rotatable bonds is 4. The lowest BCUT2D eigenvalue weighted by Gasteiger charge is -2.57. The zero-order valence-electron chi connectivity index (χ0n) is 19.4. The average molecular weight is 408 g/mol. The predicted molar refractivity (Wildman–Crippen MR) is 120 cm³/mol. The van der Waals surface area contributed by atoms with Gasteiger partial charge in [-0.15, -0.1) is 0 Å². The van der Waals surface area contributed by atoms with E-state index in [1.807, 2.05) is 10.7 Å². The smallest absolute Gasteiger partial charge is 0.138 e. The first kappa shape index (κ1) is 20.6. The van der Waals surface area contributed by atoms with Crippen LogP contribution in [-0.4, -0.2) is 9.78 Å². The van der Waals surface area contributed by atoms with Crippen molar-refractivity contribution in [3.8, 4) is 6.07 Å². The molecule has 30 heavy (non-hydrogen) atoms. The number of hydrogen-bond donors (Lipinski definition) is 0. The molecule has 4 saturated carbocycles. The van der Waals surface area contributed by atoms with Crippen molar-refractivity contribution in [3.05, 3.63) is 18.0 Å². The van der Waals surface area contributed by atoms with Crippen molar-refractivity contribution in [2.24, 2.45) is 52.8 Å². The Labute approximate surface area is 183 Å². The van der Waals surface area contributed by atoms with Crippen LogP contribution in [0.1, 0.15) is 90.7 Å². The second kappa shape index (κ2) is 7.99. The highest BCUT2D eigenvalue weighted by atomic mass is 15.3. The summed E-state index contributed by atoms with van der Waals surface area (Å²) in [4.78, 5) is 0. The summed E-state index contributed by atoms with van der Waals surface area (Å²) >= 11 is 0. The molecule has 164 valence electrons. The van der Waals surface area contributed by atoms with E-state index in [0.717, 1.165) is 48.0 Å². The van der Waals surface area contributed by atoms with E-state index in [9.17, 15) is 5.26 Å². The van der Waals surface area contributed by atoms with Crippen molar-refractivity contribution in [2.75, 3.05) is 0 Å². The van der Waals surface area contributed by atoms with Crippen LogP contribution in [0.25, 0.3) is 0 Å². The van der Waals surface area contributed by atoms with E-state index in [2.05, 4.69) is 31.9 Å². The van der Waals surface area contributed by atoms with Gasteiger partial charge in [-0.3, -0.25) is 4.68 Å². The molecule has 0 aliphatic heterocycles. The highest BCUT2D eigenvalue weighted by Crippen LogP contribution is 2.65. The maximum Gasteiger partial charge on any atom is 0.138 e. The largest absolute Gasteiger partial charge is 0.255 e. The molecule has 0 saturated heterocycles. The Morgan fingerprint density at radius 3 is 2.77 bits per heavy atom. The molecular formula is C27H41N3. The average Bonchev–Trinajstić information content (AvgIpc) is 3.36. The van der Waals surface area contributed by atoms with Gasteiger partial charge in [0.05, 0.1) is 6.20 Å². The number of hydrogen-bond acceptors (Lipinski definition) is 2. The van der Waals surface area contributed by atoms with Gasteiger partial charge in [0.15, 0.2) is 0 Å². The van der Waals surface area contributed by atoms with Gasteiger partial charge in [-0.25, -0.2) is 0 Å². The van der Waals surface area contributed by atoms with Crippen LogP contribution in [0.15, 0.2) is 12.3 Å². The van der Waals surface area contributed by atoms with Gasteiger partial charge >= 0.3 is 0 Å². The lowest BCUT2D eigenvalue weighted by atomic mass is 9.48. The molecule has 4 fully saturated rings. The summed E-state index contributed by atoms with van der Waals surface area (Å²) in [5, 5.41) is 13.8. The molecule has 4 aliphatic carbocycles. The quantitative estimate of drug-likeness (QED) is 0.558. The number of nitrogens with zero attached hydrogens (tertiary/aromatic N) is 3. The highest BCUT2D eigenvalue weighted by Gasteiger charge is 2.57. The number of nitriles is 1. The van der Waals surface area contributed by atoms with Crippen molar-refractivity contribution in [2.45, 2.75) is 91.5 Å². The van der Waals surface area contributed by atoms with Crippen LogP contribution < -0.4 is 0 Å². The Kier molecular flexibility index (Phi) is 5.49. The van der Waals surface area contributed by atoms with Gasteiger partial charge in [-0.2, -0.15) is 10.4 Å². The molecule has 0 aromatic carbocycles. The Balaban J connectivity index is 1.30. The standard InChI is InChI=1S/C27H41N3/c1-4-19-5-7-22-20(15-19)6-8-24-23(22)11-13-27(3)25(9-10-26(24)27)18(2)17-30-21(16-28)12-14-29-30/h12,14,18-20,22-26H,4-11,13,15,17H2,1-3H3. The van der Waals surface area contributed by atoms with Crippen LogP contribution in [0.4, 0.5) is 0 Å². The van der Waals surface area contributed by atoms with Crippen LogP contribution in [0.3, 0.4) is 0 Å². The molecular weight excluding hydrogens is 366 g/mol. The van der Waals surface area contributed by atoms with E-state index in [-0.39, 0.29) is 0 Å². The second-order valence-electron chi connectivity index (χ2n) is 11.7. The zero-order valence-corrected chi connectivity index (χ0v) is 19.4. The highest BCUT2D eigenvalue weighted by molar-refractivity contribution is 5.18. The van der Waals surface area contributed by atoms with Gasteiger partial charge < -0.3 is 0 Å². The molecule has 0 bridgehead atoms. The molecule has 1 heterocycles. The third-order valence-electron chi connectivity index (χ3n) is 10.7. The van der Waals surface area contributed by atoms with Crippen molar-refractivity contribution >= 4 is 0 Å². The maximum atomic E-state index is 9.37. The minimum atomic E-state index is 0.508. The van der Waals surface area contributed by atoms with E-state index < -0.39 is 0 Å². The first-order chi connectivity index (χ1) is 14.5. The van der Waals surface area contributed by atoms with Gasteiger partial charge in [0.25, 0.3) is 0 Å². The third kappa shape index (κ3) is 3.25. The van der Waals surface area contributed by atoms with Crippen molar-refractivity contribution in [1.29, 1.82) is 5.26 Å². The van der Waals surface area contributed by atoms with E-state index in [1.54, 1.807) is 6.20 Å². The van der Waals surface area contributed by atoms with Crippen molar-refractivity contribution in [3.63, 3.8) is 0 Å². The third-order valence-corrected chi connectivity index (χ3v) is 10.7. The first-order valence-electron chi connectivity index (χ1n) is 13.0. The van der Waals surface area contributed by atoms with E-state index in [1.165, 1.54) is 64.2 Å². The Bertz CT molecular complexity index is 790. The van der Waals surface area contributed by atoms with Crippen LogP contribution in [0.5, 0.6) is 0 Å². The molecule has 9 atom stereocenters. The predicted octanol–water partition coefficient (Wildman–Crippen LogP) is 6.69. The Morgan fingerprint density at radius 2 is 1.97 bits per heavy atom. The fourth-order valence-electron chi connectivity index (χ4n) is 9.27. The summed E-state index contributed by atoms with van der Waals surface area (Å²) in [6.07, 6.45) is 16.6. The lowest BCUT2D eigenvalue weighted by Crippen LogP contribution is -2.49. The summed E-state index contributed by atoms with van der Waals surface area (Å²) in [5.41, 5.74) is 1.22. The van der Waals surface area contributed by atoms with Crippen LogP contribution in [0.2, 0.25) is 0 Å². The molecule has 1 aromatic heterocycles. The lowest BCUT2D eigenvalue weighted by molar-refractivity contribution is -0.0747. The SMILES string of the molecule is CCC1CCC2C(CCC3C2CCC2(C)C(C(C)Cn4nccc4C#N)CCC32)C1. The summed E-state index contributed by atoms with van der Waals surface area (Å²) in [6.45, 7) is 8.39. The van der Waals surface area contributed by atoms with Crippen molar-refractivity contribution < 1.29 is 0 Å². The topological polar surface area (TPSA) is 41.6 Å². The van der Waals surface area contributed by atoms with Gasteiger partial charge in [-0.05, 0) is 110 Å².